The molecular weight excluding hydrogens is 270 g/mol. The summed E-state index contributed by atoms with van der Waals surface area (Å²) in [6.07, 6.45) is 2.23. The van der Waals surface area contributed by atoms with Crippen LogP contribution in [-0.2, 0) is 9.59 Å². The molecule has 5 nitrogen and oxygen atoms in total. The van der Waals surface area contributed by atoms with Gasteiger partial charge in [0.2, 0.25) is 0 Å². The van der Waals surface area contributed by atoms with E-state index in [9.17, 15) is 14.7 Å². The topological polar surface area (TPSA) is 87.5 Å². The third-order valence-electron chi connectivity index (χ3n) is 2.91. The van der Waals surface area contributed by atoms with Crippen LogP contribution in [0.15, 0.2) is 53.6 Å². The molecule has 0 unspecified atom stereocenters. The number of carboxylic acids is 2. The van der Waals surface area contributed by atoms with Gasteiger partial charge in [-0.1, -0.05) is 24.3 Å². The molecule has 0 spiro atoms. The number of aromatic nitrogens is 1. The molecule has 0 aliphatic carbocycles. The van der Waals surface area contributed by atoms with Gasteiger partial charge < -0.3 is 10.2 Å². The Bertz CT molecular complexity index is 775. The van der Waals surface area contributed by atoms with Crippen molar-refractivity contribution in [2.75, 3.05) is 0 Å². The molecule has 0 amide bonds. The SMILES string of the molecule is CC(=C\C(=O)O)/C(=C/c1ccc2ccccc2n1)C(=O)O. The molecule has 2 N–H and O–H groups in total. The fraction of sp³-hybridized carbons (Fsp3) is 0.0625. The summed E-state index contributed by atoms with van der Waals surface area (Å²) in [5, 5.41) is 18.9. The Kier molecular flexibility index (Phi) is 4.13. The zero-order chi connectivity index (χ0) is 15.4. The molecule has 1 aromatic carbocycles. The average Bonchev–Trinajstić information content (AvgIpc) is 2.43. The molecule has 1 heterocycles. The molecule has 0 saturated heterocycles. The molecule has 0 atom stereocenters. The van der Waals surface area contributed by atoms with Gasteiger partial charge in [-0.3, -0.25) is 0 Å². The van der Waals surface area contributed by atoms with Crippen molar-refractivity contribution < 1.29 is 19.8 Å². The van der Waals surface area contributed by atoms with Gasteiger partial charge in [0.15, 0.2) is 0 Å². The van der Waals surface area contributed by atoms with E-state index >= 15 is 0 Å². The van der Waals surface area contributed by atoms with E-state index in [1.165, 1.54) is 13.0 Å². The van der Waals surface area contributed by atoms with Crippen molar-refractivity contribution in [2.24, 2.45) is 0 Å². The second-order valence-corrected chi connectivity index (χ2v) is 4.46. The lowest BCUT2D eigenvalue weighted by atomic mass is 10.1. The fourth-order valence-corrected chi connectivity index (χ4v) is 1.92. The van der Waals surface area contributed by atoms with E-state index in [0.717, 1.165) is 17.0 Å². The van der Waals surface area contributed by atoms with Crippen molar-refractivity contribution in [3.8, 4) is 0 Å². The highest BCUT2D eigenvalue weighted by molar-refractivity contribution is 5.99. The smallest absolute Gasteiger partial charge is 0.336 e. The normalized spacial score (nSPS) is 12.4. The quantitative estimate of drug-likeness (QED) is 0.665. The van der Waals surface area contributed by atoms with Crippen molar-refractivity contribution in [1.29, 1.82) is 0 Å². The van der Waals surface area contributed by atoms with Crippen LogP contribution in [0.1, 0.15) is 12.6 Å². The second-order valence-electron chi connectivity index (χ2n) is 4.46. The van der Waals surface area contributed by atoms with E-state index in [-0.39, 0.29) is 11.1 Å². The van der Waals surface area contributed by atoms with Crippen LogP contribution in [-0.4, -0.2) is 27.1 Å². The summed E-state index contributed by atoms with van der Waals surface area (Å²) >= 11 is 0. The average molecular weight is 283 g/mol. The summed E-state index contributed by atoms with van der Waals surface area (Å²) < 4.78 is 0. The number of fused-ring (bicyclic) bond motifs is 1. The lowest BCUT2D eigenvalue weighted by molar-refractivity contribution is -0.132. The molecule has 2 aromatic rings. The van der Waals surface area contributed by atoms with Gasteiger partial charge in [-0.05, 0) is 30.7 Å². The monoisotopic (exact) mass is 283 g/mol. The predicted molar refractivity (Wildman–Crippen MR) is 78.7 cm³/mol. The van der Waals surface area contributed by atoms with Gasteiger partial charge in [-0.2, -0.15) is 0 Å². The summed E-state index contributed by atoms with van der Waals surface area (Å²) in [7, 11) is 0. The lowest BCUT2D eigenvalue weighted by Crippen LogP contribution is -2.04. The minimum atomic E-state index is -1.19. The van der Waals surface area contributed by atoms with Crippen LogP contribution in [0.4, 0.5) is 0 Å². The minimum Gasteiger partial charge on any atom is -0.478 e. The number of pyridine rings is 1. The number of hydrogen-bond acceptors (Lipinski definition) is 3. The van der Waals surface area contributed by atoms with Gasteiger partial charge in [0.05, 0.1) is 16.8 Å². The van der Waals surface area contributed by atoms with Crippen molar-refractivity contribution in [3.05, 3.63) is 59.3 Å². The molecule has 0 aliphatic rings. The van der Waals surface area contributed by atoms with Crippen LogP contribution < -0.4 is 0 Å². The molecule has 0 saturated carbocycles. The van der Waals surface area contributed by atoms with E-state index < -0.39 is 11.9 Å². The van der Waals surface area contributed by atoms with Crippen LogP contribution in [0.2, 0.25) is 0 Å². The zero-order valence-electron chi connectivity index (χ0n) is 11.3. The highest BCUT2D eigenvalue weighted by Gasteiger charge is 2.11. The highest BCUT2D eigenvalue weighted by Crippen LogP contribution is 2.17. The molecule has 0 bridgehead atoms. The fourth-order valence-electron chi connectivity index (χ4n) is 1.92. The Morgan fingerprint density at radius 1 is 1.10 bits per heavy atom. The van der Waals surface area contributed by atoms with Crippen molar-refractivity contribution in [1.82, 2.24) is 4.98 Å². The Balaban J connectivity index is 2.49. The van der Waals surface area contributed by atoms with Crippen LogP contribution >= 0.6 is 0 Å². The van der Waals surface area contributed by atoms with Crippen molar-refractivity contribution >= 4 is 28.9 Å². The van der Waals surface area contributed by atoms with Crippen LogP contribution in [0.3, 0.4) is 0 Å². The largest absolute Gasteiger partial charge is 0.478 e. The first-order valence-electron chi connectivity index (χ1n) is 6.20. The van der Waals surface area contributed by atoms with Crippen molar-refractivity contribution in [2.45, 2.75) is 6.92 Å². The maximum Gasteiger partial charge on any atom is 0.336 e. The summed E-state index contributed by atoms with van der Waals surface area (Å²) in [6.45, 7) is 1.44. The molecule has 2 rings (SSSR count). The number of benzene rings is 1. The van der Waals surface area contributed by atoms with Gasteiger partial charge >= 0.3 is 11.9 Å². The van der Waals surface area contributed by atoms with Gasteiger partial charge in [-0.25, -0.2) is 14.6 Å². The van der Waals surface area contributed by atoms with Crippen LogP contribution in [0, 0.1) is 0 Å². The van der Waals surface area contributed by atoms with Gasteiger partial charge in [-0.15, -0.1) is 0 Å². The standard InChI is InChI=1S/C16H13NO4/c1-10(8-15(18)19)13(16(20)21)9-12-7-6-11-4-2-3-5-14(11)17-12/h2-9H,1H3,(H,18,19)(H,20,21)/b10-8+,13-9-. The summed E-state index contributed by atoms with van der Waals surface area (Å²) in [5.41, 5.74) is 1.27. The predicted octanol–water partition coefficient (Wildman–Crippen LogP) is 2.73. The first kappa shape index (κ1) is 14.5. The van der Waals surface area contributed by atoms with E-state index in [0.29, 0.717) is 5.69 Å². The Hall–Kier alpha value is -2.95. The van der Waals surface area contributed by atoms with Gasteiger partial charge in [0.1, 0.15) is 0 Å². The number of aliphatic carboxylic acids is 2. The summed E-state index contributed by atoms with van der Waals surface area (Å²) in [6, 6.07) is 11.0. The van der Waals surface area contributed by atoms with Crippen LogP contribution in [0.25, 0.3) is 17.0 Å². The first-order valence-corrected chi connectivity index (χ1v) is 6.20. The molecule has 0 fully saturated rings. The number of nitrogens with zero attached hydrogens (tertiary/aromatic N) is 1. The maximum atomic E-state index is 11.3. The molecule has 0 aliphatic heterocycles. The van der Waals surface area contributed by atoms with Gasteiger partial charge in [0, 0.05) is 11.5 Å². The highest BCUT2D eigenvalue weighted by atomic mass is 16.4. The van der Waals surface area contributed by atoms with Crippen molar-refractivity contribution in [3.63, 3.8) is 0 Å². The molecule has 21 heavy (non-hydrogen) atoms. The third kappa shape index (κ3) is 3.54. The molecule has 1 aromatic heterocycles. The number of rotatable bonds is 4. The molecule has 0 radical (unpaired) electrons. The third-order valence-corrected chi connectivity index (χ3v) is 2.91. The van der Waals surface area contributed by atoms with E-state index in [4.69, 9.17) is 5.11 Å². The molecular formula is C16H13NO4. The zero-order valence-corrected chi connectivity index (χ0v) is 11.3. The van der Waals surface area contributed by atoms with E-state index in [2.05, 4.69) is 4.98 Å². The molecule has 5 heteroatoms. The maximum absolute atomic E-state index is 11.3. The Morgan fingerprint density at radius 2 is 1.81 bits per heavy atom. The number of carboxylic acid groups (broad SMARTS) is 2. The second kappa shape index (κ2) is 6.00. The van der Waals surface area contributed by atoms with Crippen LogP contribution in [0.5, 0.6) is 0 Å². The Labute approximate surface area is 120 Å². The summed E-state index contributed by atoms with van der Waals surface area (Å²) in [4.78, 5) is 26.3. The minimum absolute atomic E-state index is 0.0971. The van der Waals surface area contributed by atoms with E-state index in [1.807, 2.05) is 30.3 Å². The first-order chi connectivity index (χ1) is 9.97. The number of carbonyl (C=O) groups is 2. The lowest BCUT2D eigenvalue weighted by Gasteiger charge is -2.03. The van der Waals surface area contributed by atoms with Gasteiger partial charge in [0.25, 0.3) is 0 Å². The Morgan fingerprint density at radius 3 is 2.48 bits per heavy atom. The number of hydrogen-bond donors (Lipinski definition) is 2. The summed E-state index contributed by atoms with van der Waals surface area (Å²) in [5.74, 6) is -2.38. The number of para-hydroxylation sites is 1. The van der Waals surface area contributed by atoms with E-state index in [1.54, 1.807) is 6.07 Å². The molecule has 106 valence electrons.